The molecule has 0 bridgehead atoms. The minimum atomic E-state index is 0.358. The first kappa shape index (κ1) is 13.3. The molecule has 1 atom stereocenters. The normalized spacial score (nSPS) is 12.8. The van der Waals surface area contributed by atoms with Gasteiger partial charge in [0.15, 0.2) is 10.8 Å². The summed E-state index contributed by atoms with van der Waals surface area (Å²) in [6, 6.07) is 4.39. The van der Waals surface area contributed by atoms with Crippen molar-refractivity contribution in [1.82, 2.24) is 10.3 Å². The highest BCUT2D eigenvalue weighted by Crippen LogP contribution is 2.29. The van der Waals surface area contributed by atoms with Crippen molar-refractivity contribution in [3.8, 4) is 10.8 Å². The van der Waals surface area contributed by atoms with Gasteiger partial charge in [0.05, 0.1) is 0 Å². The van der Waals surface area contributed by atoms with Gasteiger partial charge in [-0.2, -0.15) is 0 Å². The second-order valence-electron chi connectivity index (χ2n) is 4.36. The van der Waals surface area contributed by atoms with Gasteiger partial charge in [-0.3, -0.25) is 0 Å². The molecular formula is C14H20N2OS. The molecule has 1 unspecified atom stereocenters. The predicted octanol–water partition coefficient (Wildman–Crippen LogP) is 4.03. The van der Waals surface area contributed by atoms with Crippen LogP contribution in [0.1, 0.15) is 43.9 Å². The van der Waals surface area contributed by atoms with Gasteiger partial charge in [0.2, 0.25) is 0 Å². The van der Waals surface area contributed by atoms with Crippen LogP contribution in [0.25, 0.3) is 10.8 Å². The van der Waals surface area contributed by atoms with Crippen molar-refractivity contribution in [2.75, 3.05) is 6.54 Å². The molecule has 2 aromatic rings. The van der Waals surface area contributed by atoms with Gasteiger partial charge in [0.25, 0.3) is 0 Å². The van der Waals surface area contributed by atoms with Crippen molar-refractivity contribution < 1.29 is 4.42 Å². The van der Waals surface area contributed by atoms with E-state index in [1.807, 2.05) is 18.3 Å². The fraction of sp³-hybridized carbons (Fsp3) is 0.500. The summed E-state index contributed by atoms with van der Waals surface area (Å²) >= 11 is 1.70. The molecule has 0 saturated heterocycles. The third-order valence-corrected chi connectivity index (χ3v) is 4.07. The third-order valence-electron chi connectivity index (χ3n) is 2.87. The molecule has 2 aromatic heterocycles. The topological polar surface area (TPSA) is 38.1 Å². The Labute approximate surface area is 112 Å². The first-order chi connectivity index (χ1) is 8.74. The molecule has 0 aliphatic carbocycles. The molecule has 3 nitrogen and oxygen atoms in total. The van der Waals surface area contributed by atoms with Crippen LogP contribution in [0.4, 0.5) is 0 Å². The summed E-state index contributed by atoms with van der Waals surface area (Å²) in [6.45, 7) is 7.47. The summed E-state index contributed by atoms with van der Waals surface area (Å²) in [4.78, 5) is 5.71. The third kappa shape index (κ3) is 3.00. The number of rotatable bonds is 6. The zero-order chi connectivity index (χ0) is 13.0. The largest absolute Gasteiger partial charge is 0.459 e. The van der Waals surface area contributed by atoms with Gasteiger partial charge in [-0.05, 0) is 32.0 Å². The SMILES string of the molecule is CCCNC(C)c1cnc(-c2ccc(CC)o2)s1. The second-order valence-corrected chi connectivity index (χ2v) is 5.43. The molecule has 0 aliphatic rings. The molecule has 0 aromatic carbocycles. The van der Waals surface area contributed by atoms with Crippen molar-refractivity contribution in [3.05, 3.63) is 29.0 Å². The number of aryl methyl sites for hydroxylation is 1. The van der Waals surface area contributed by atoms with Crippen molar-refractivity contribution in [2.24, 2.45) is 0 Å². The molecule has 0 spiro atoms. The van der Waals surface area contributed by atoms with Crippen molar-refractivity contribution in [1.29, 1.82) is 0 Å². The molecule has 4 heteroatoms. The van der Waals surface area contributed by atoms with E-state index in [9.17, 15) is 0 Å². The van der Waals surface area contributed by atoms with Gasteiger partial charge in [-0.15, -0.1) is 11.3 Å². The molecule has 18 heavy (non-hydrogen) atoms. The van der Waals surface area contributed by atoms with Crippen LogP contribution in [-0.2, 0) is 6.42 Å². The molecule has 1 N–H and O–H groups in total. The van der Waals surface area contributed by atoms with E-state index in [1.54, 1.807) is 11.3 Å². The number of aromatic nitrogens is 1. The van der Waals surface area contributed by atoms with E-state index in [-0.39, 0.29) is 0 Å². The maximum atomic E-state index is 5.72. The smallest absolute Gasteiger partial charge is 0.162 e. The van der Waals surface area contributed by atoms with Crippen molar-refractivity contribution >= 4 is 11.3 Å². The molecule has 0 amide bonds. The molecule has 0 saturated carbocycles. The Kier molecular flexibility index (Phi) is 4.55. The van der Waals surface area contributed by atoms with E-state index >= 15 is 0 Å². The van der Waals surface area contributed by atoms with Crippen molar-refractivity contribution in [2.45, 2.75) is 39.7 Å². The summed E-state index contributed by atoms with van der Waals surface area (Å²) in [5.41, 5.74) is 0. The summed E-state index contributed by atoms with van der Waals surface area (Å²) in [6.07, 6.45) is 4.02. The minimum absolute atomic E-state index is 0.358. The Morgan fingerprint density at radius 2 is 2.22 bits per heavy atom. The molecular weight excluding hydrogens is 244 g/mol. The molecule has 0 aliphatic heterocycles. The standard InChI is InChI=1S/C14H20N2OS/c1-4-8-15-10(3)13-9-16-14(18-13)12-7-6-11(5-2)17-12/h6-7,9-10,15H,4-5,8H2,1-3H3. The van der Waals surface area contributed by atoms with Gasteiger partial charge in [0, 0.05) is 23.5 Å². The molecule has 98 valence electrons. The van der Waals surface area contributed by atoms with Crippen LogP contribution in [-0.4, -0.2) is 11.5 Å². The number of thiazole rings is 1. The Bertz CT molecular complexity index is 489. The van der Waals surface area contributed by atoms with E-state index in [0.717, 1.165) is 35.9 Å². The van der Waals surface area contributed by atoms with Crippen LogP contribution < -0.4 is 5.32 Å². The number of furan rings is 1. The van der Waals surface area contributed by atoms with Gasteiger partial charge in [0.1, 0.15) is 5.76 Å². The average Bonchev–Trinajstić information content (AvgIpc) is 3.03. The highest BCUT2D eigenvalue weighted by molar-refractivity contribution is 7.15. The Balaban J connectivity index is 2.09. The quantitative estimate of drug-likeness (QED) is 0.856. The van der Waals surface area contributed by atoms with Crippen LogP contribution >= 0.6 is 11.3 Å². The van der Waals surface area contributed by atoms with E-state index < -0.39 is 0 Å². The van der Waals surface area contributed by atoms with E-state index in [4.69, 9.17) is 4.42 Å². The van der Waals surface area contributed by atoms with Gasteiger partial charge < -0.3 is 9.73 Å². The lowest BCUT2D eigenvalue weighted by Crippen LogP contribution is -2.18. The van der Waals surface area contributed by atoms with E-state index in [1.165, 1.54) is 4.88 Å². The molecule has 2 rings (SSSR count). The van der Waals surface area contributed by atoms with Gasteiger partial charge in [-0.1, -0.05) is 13.8 Å². The zero-order valence-electron chi connectivity index (χ0n) is 11.2. The second kappa shape index (κ2) is 6.16. The lowest BCUT2D eigenvalue weighted by molar-refractivity contribution is 0.529. The van der Waals surface area contributed by atoms with Gasteiger partial charge in [-0.25, -0.2) is 4.98 Å². The van der Waals surface area contributed by atoms with Crippen LogP contribution in [0.5, 0.6) is 0 Å². The predicted molar refractivity (Wildman–Crippen MR) is 75.9 cm³/mol. The highest BCUT2D eigenvalue weighted by Gasteiger charge is 2.12. The fourth-order valence-electron chi connectivity index (χ4n) is 1.74. The summed E-state index contributed by atoms with van der Waals surface area (Å²) < 4.78 is 5.72. The number of nitrogens with zero attached hydrogens (tertiary/aromatic N) is 1. The highest BCUT2D eigenvalue weighted by atomic mass is 32.1. The first-order valence-corrected chi connectivity index (χ1v) is 7.34. The summed E-state index contributed by atoms with van der Waals surface area (Å²) in [5, 5.41) is 4.44. The average molecular weight is 264 g/mol. The van der Waals surface area contributed by atoms with Crippen LogP contribution in [0.2, 0.25) is 0 Å². The minimum Gasteiger partial charge on any atom is -0.459 e. The first-order valence-electron chi connectivity index (χ1n) is 6.52. The summed E-state index contributed by atoms with van der Waals surface area (Å²) in [7, 11) is 0. The van der Waals surface area contributed by atoms with E-state index in [2.05, 4.69) is 31.1 Å². The van der Waals surface area contributed by atoms with Crippen LogP contribution in [0.3, 0.4) is 0 Å². The maximum absolute atomic E-state index is 5.72. The van der Waals surface area contributed by atoms with Crippen LogP contribution in [0, 0.1) is 0 Å². The molecule has 2 heterocycles. The lowest BCUT2D eigenvalue weighted by atomic mass is 10.3. The monoisotopic (exact) mass is 264 g/mol. The number of nitrogens with one attached hydrogen (secondary N) is 1. The fourth-order valence-corrected chi connectivity index (χ4v) is 2.65. The molecule has 0 radical (unpaired) electrons. The maximum Gasteiger partial charge on any atom is 0.162 e. The lowest BCUT2D eigenvalue weighted by Gasteiger charge is -2.09. The Morgan fingerprint density at radius 1 is 1.39 bits per heavy atom. The van der Waals surface area contributed by atoms with E-state index in [0.29, 0.717) is 6.04 Å². The zero-order valence-corrected chi connectivity index (χ0v) is 12.0. The van der Waals surface area contributed by atoms with Crippen LogP contribution in [0.15, 0.2) is 22.7 Å². The number of hydrogen-bond donors (Lipinski definition) is 1. The summed E-state index contributed by atoms with van der Waals surface area (Å²) in [5.74, 6) is 1.89. The number of hydrogen-bond acceptors (Lipinski definition) is 4. The molecule has 0 fully saturated rings. The van der Waals surface area contributed by atoms with Crippen molar-refractivity contribution in [3.63, 3.8) is 0 Å². The Hall–Kier alpha value is -1.13. The van der Waals surface area contributed by atoms with Gasteiger partial charge >= 0.3 is 0 Å². The Morgan fingerprint density at radius 3 is 2.89 bits per heavy atom.